The molecule has 0 amide bonds. The molecular formula is C24H35NO2. The molecule has 0 saturated heterocycles. The normalized spacial score (nSPS) is 13.6. The van der Waals surface area contributed by atoms with Gasteiger partial charge >= 0.3 is 0 Å². The molecule has 3 nitrogen and oxygen atoms in total. The zero-order chi connectivity index (χ0) is 19.8. The Morgan fingerprint density at radius 2 is 1.41 bits per heavy atom. The fourth-order valence-electron chi connectivity index (χ4n) is 4.01. The van der Waals surface area contributed by atoms with Crippen molar-refractivity contribution in [1.29, 1.82) is 0 Å². The molecule has 2 rings (SSSR count). The van der Waals surface area contributed by atoms with Gasteiger partial charge in [-0.25, -0.2) is 0 Å². The van der Waals surface area contributed by atoms with Gasteiger partial charge in [-0.1, -0.05) is 52.0 Å². The summed E-state index contributed by atoms with van der Waals surface area (Å²) in [5, 5.41) is 10.4. The number of hydrogen-bond donors (Lipinski definition) is 1. The predicted molar refractivity (Wildman–Crippen MR) is 114 cm³/mol. The number of phenolic OH excluding ortho intramolecular Hbond substituents is 1. The lowest BCUT2D eigenvalue weighted by Gasteiger charge is -2.27. The summed E-state index contributed by atoms with van der Waals surface area (Å²) in [6.07, 6.45) is 2.15. The quantitative estimate of drug-likeness (QED) is 0.563. The van der Waals surface area contributed by atoms with E-state index in [0.29, 0.717) is 17.6 Å². The van der Waals surface area contributed by atoms with Crippen LogP contribution in [0.4, 0.5) is 0 Å². The Labute approximate surface area is 165 Å². The average Bonchev–Trinajstić information content (AvgIpc) is 2.71. The maximum atomic E-state index is 10.4. The number of ether oxygens (including phenoxy) is 1. The van der Waals surface area contributed by atoms with Crippen molar-refractivity contribution in [2.75, 3.05) is 20.2 Å². The van der Waals surface area contributed by atoms with Gasteiger partial charge in [0.15, 0.2) is 0 Å². The van der Waals surface area contributed by atoms with Gasteiger partial charge in [0.1, 0.15) is 11.5 Å². The summed E-state index contributed by atoms with van der Waals surface area (Å²) in [6, 6.07) is 14.7. The van der Waals surface area contributed by atoms with Gasteiger partial charge in [0.05, 0.1) is 7.11 Å². The van der Waals surface area contributed by atoms with Crippen molar-refractivity contribution >= 4 is 0 Å². The van der Waals surface area contributed by atoms with Crippen LogP contribution in [0.5, 0.6) is 11.5 Å². The maximum absolute atomic E-state index is 10.4. The van der Waals surface area contributed by atoms with Crippen LogP contribution < -0.4 is 4.74 Å². The first-order chi connectivity index (χ1) is 13.1. The Bertz CT molecular complexity index is 692. The molecule has 0 bridgehead atoms. The molecule has 0 saturated carbocycles. The highest BCUT2D eigenvalue weighted by Crippen LogP contribution is 2.39. The molecule has 0 unspecified atom stereocenters. The van der Waals surface area contributed by atoms with Gasteiger partial charge in [-0.2, -0.15) is 0 Å². The third kappa shape index (κ3) is 5.26. The summed E-state index contributed by atoms with van der Waals surface area (Å²) in [5.74, 6) is 2.18. The Hall–Kier alpha value is -2.00. The standard InChI is InChI=1S/C24H35NO2/c1-6-22(18-10-13-21(27-5)14-11-18)23(7-2)19-12-15-24(26)20(16-19)17-25(8-3)9-4/h10-16,22-23,26H,6-9,17H2,1-5H3/t22-,23-/m0/s1. The van der Waals surface area contributed by atoms with E-state index >= 15 is 0 Å². The molecule has 0 aromatic heterocycles. The topological polar surface area (TPSA) is 32.7 Å². The Balaban J connectivity index is 2.33. The smallest absolute Gasteiger partial charge is 0.120 e. The number of hydrogen-bond acceptors (Lipinski definition) is 3. The summed E-state index contributed by atoms with van der Waals surface area (Å²) in [4.78, 5) is 2.33. The van der Waals surface area contributed by atoms with Crippen LogP contribution in [0, 0.1) is 0 Å². The van der Waals surface area contributed by atoms with Crippen molar-refractivity contribution in [1.82, 2.24) is 4.90 Å². The largest absolute Gasteiger partial charge is 0.508 e. The molecule has 1 N–H and O–H groups in total. The summed E-state index contributed by atoms with van der Waals surface area (Å²) in [7, 11) is 1.70. The van der Waals surface area contributed by atoms with E-state index in [0.717, 1.165) is 43.8 Å². The molecule has 0 aliphatic heterocycles. The third-order valence-electron chi connectivity index (χ3n) is 5.73. The second kappa shape index (κ2) is 10.4. The number of phenols is 1. The summed E-state index contributed by atoms with van der Waals surface area (Å²) in [5.41, 5.74) is 3.70. The van der Waals surface area contributed by atoms with Crippen LogP contribution in [-0.2, 0) is 6.54 Å². The maximum Gasteiger partial charge on any atom is 0.120 e. The van der Waals surface area contributed by atoms with Crippen molar-refractivity contribution in [3.05, 3.63) is 59.2 Å². The number of nitrogens with zero attached hydrogens (tertiary/aromatic N) is 1. The van der Waals surface area contributed by atoms with Gasteiger partial charge in [0.2, 0.25) is 0 Å². The summed E-state index contributed by atoms with van der Waals surface area (Å²) < 4.78 is 5.31. The van der Waals surface area contributed by atoms with Gasteiger partial charge < -0.3 is 9.84 Å². The van der Waals surface area contributed by atoms with Crippen LogP contribution in [0.15, 0.2) is 42.5 Å². The minimum atomic E-state index is 0.401. The van der Waals surface area contributed by atoms with Gasteiger partial charge in [0, 0.05) is 12.1 Å². The fraction of sp³-hybridized carbons (Fsp3) is 0.500. The molecule has 148 valence electrons. The van der Waals surface area contributed by atoms with E-state index in [1.807, 2.05) is 18.2 Å². The minimum Gasteiger partial charge on any atom is -0.508 e. The molecular weight excluding hydrogens is 334 g/mol. The SMILES string of the molecule is CC[C@@H](c1ccc(OC)cc1)[C@@H](CC)c1ccc(O)c(CN(CC)CC)c1. The van der Waals surface area contributed by atoms with Gasteiger partial charge in [-0.3, -0.25) is 4.90 Å². The molecule has 0 fully saturated rings. The van der Waals surface area contributed by atoms with Crippen LogP contribution in [0.1, 0.15) is 69.1 Å². The van der Waals surface area contributed by atoms with E-state index in [9.17, 15) is 5.11 Å². The second-order valence-electron chi connectivity index (χ2n) is 7.15. The van der Waals surface area contributed by atoms with Crippen LogP contribution in [0.3, 0.4) is 0 Å². The van der Waals surface area contributed by atoms with Crippen molar-refractivity contribution in [2.45, 2.75) is 58.9 Å². The summed E-state index contributed by atoms with van der Waals surface area (Å²) in [6.45, 7) is 11.6. The zero-order valence-corrected chi connectivity index (χ0v) is 17.5. The van der Waals surface area contributed by atoms with E-state index in [1.165, 1.54) is 11.1 Å². The van der Waals surface area contributed by atoms with E-state index in [1.54, 1.807) is 7.11 Å². The summed E-state index contributed by atoms with van der Waals surface area (Å²) >= 11 is 0. The third-order valence-corrected chi connectivity index (χ3v) is 5.73. The highest BCUT2D eigenvalue weighted by molar-refractivity contribution is 5.40. The lowest BCUT2D eigenvalue weighted by molar-refractivity contribution is 0.290. The van der Waals surface area contributed by atoms with Crippen LogP contribution in [0.25, 0.3) is 0 Å². The van der Waals surface area contributed by atoms with Crippen molar-refractivity contribution in [3.8, 4) is 11.5 Å². The van der Waals surface area contributed by atoms with Crippen LogP contribution >= 0.6 is 0 Å². The Kier molecular flexibility index (Phi) is 8.18. The molecule has 2 atom stereocenters. The lowest BCUT2D eigenvalue weighted by atomic mass is 9.78. The molecule has 0 aliphatic rings. The fourth-order valence-corrected chi connectivity index (χ4v) is 4.01. The van der Waals surface area contributed by atoms with Gasteiger partial charge in [-0.05, 0) is 67.1 Å². The van der Waals surface area contributed by atoms with Gasteiger partial charge in [0.25, 0.3) is 0 Å². The van der Waals surface area contributed by atoms with E-state index in [-0.39, 0.29) is 0 Å². The van der Waals surface area contributed by atoms with Crippen molar-refractivity contribution in [3.63, 3.8) is 0 Å². The number of benzene rings is 2. The molecule has 0 aliphatic carbocycles. The predicted octanol–water partition coefficient (Wildman–Crippen LogP) is 5.93. The van der Waals surface area contributed by atoms with Gasteiger partial charge in [-0.15, -0.1) is 0 Å². The Morgan fingerprint density at radius 1 is 0.852 bits per heavy atom. The zero-order valence-electron chi connectivity index (χ0n) is 17.5. The first kappa shape index (κ1) is 21.3. The molecule has 0 spiro atoms. The van der Waals surface area contributed by atoms with Crippen LogP contribution in [-0.4, -0.2) is 30.2 Å². The monoisotopic (exact) mass is 369 g/mol. The molecule has 0 radical (unpaired) electrons. The average molecular weight is 370 g/mol. The molecule has 27 heavy (non-hydrogen) atoms. The number of methoxy groups -OCH3 is 1. The highest BCUT2D eigenvalue weighted by atomic mass is 16.5. The highest BCUT2D eigenvalue weighted by Gasteiger charge is 2.23. The molecule has 0 heterocycles. The number of aromatic hydroxyl groups is 1. The van der Waals surface area contributed by atoms with Crippen molar-refractivity contribution in [2.24, 2.45) is 0 Å². The minimum absolute atomic E-state index is 0.401. The van der Waals surface area contributed by atoms with E-state index in [2.05, 4.69) is 56.9 Å². The van der Waals surface area contributed by atoms with E-state index < -0.39 is 0 Å². The second-order valence-corrected chi connectivity index (χ2v) is 7.15. The first-order valence-corrected chi connectivity index (χ1v) is 10.3. The van der Waals surface area contributed by atoms with E-state index in [4.69, 9.17) is 4.74 Å². The first-order valence-electron chi connectivity index (χ1n) is 10.3. The number of rotatable bonds is 10. The van der Waals surface area contributed by atoms with Crippen molar-refractivity contribution < 1.29 is 9.84 Å². The lowest BCUT2D eigenvalue weighted by Crippen LogP contribution is -2.22. The van der Waals surface area contributed by atoms with Crippen LogP contribution in [0.2, 0.25) is 0 Å². The molecule has 2 aromatic rings. The molecule has 2 aromatic carbocycles. The Morgan fingerprint density at radius 3 is 1.93 bits per heavy atom. The molecule has 3 heteroatoms.